The molecule has 43 heavy (non-hydrogen) atoms. The molecule has 0 spiro atoms. The van der Waals surface area contributed by atoms with Gasteiger partial charge in [0.2, 0.25) is 5.91 Å². The van der Waals surface area contributed by atoms with E-state index in [1.54, 1.807) is 18.3 Å². The molecule has 2 aromatic carbocycles. The third-order valence-corrected chi connectivity index (χ3v) is 10.2. The summed E-state index contributed by atoms with van der Waals surface area (Å²) in [7, 11) is -1.25. The van der Waals surface area contributed by atoms with Gasteiger partial charge in [0.25, 0.3) is 5.89 Å². The van der Waals surface area contributed by atoms with Crippen molar-refractivity contribution in [3.8, 4) is 10.8 Å². The third-order valence-electron chi connectivity index (χ3n) is 7.25. The Kier molecular flexibility index (Phi) is 9.22. The Hall–Kier alpha value is -2.93. The molecule has 0 radical (unpaired) electrons. The Morgan fingerprint density at radius 3 is 2.35 bits per heavy atom. The summed E-state index contributed by atoms with van der Waals surface area (Å²) in [5, 5.41) is 7.41. The van der Waals surface area contributed by atoms with Crippen molar-refractivity contribution in [2.75, 3.05) is 29.1 Å². The van der Waals surface area contributed by atoms with Gasteiger partial charge in [-0.1, -0.05) is 41.7 Å². The maximum absolute atomic E-state index is 13.4. The number of aromatic nitrogens is 2. The quantitative estimate of drug-likeness (QED) is 0.184. The minimum Gasteiger partial charge on any atom is -0.353 e. The molecule has 1 N–H and O–H groups in total. The second-order valence-electron chi connectivity index (χ2n) is 10.2. The Bertz CT molecular complexity index is 1630. The Balaban J connectivity index is 1.35. The lowest BCUT2D eigenvalue weighted by Gasteiger charge is -2.40. The van der Waals surface area contributed by atoms with E-state index in [9.17, 15) is 22.2 Å². The van der Waals surface area contributed by atoms with Crippen LogP contribution in [0.5, 0.6) is 0 Å². The van der Waals surface area contributed by atoms with Crippen LogP contribution in [-0.4, -0.2) is 45.3 Å². The first kappa shape index (κ1) is 31.5. The average Bonchev–Trinajstić information content (AvgIpc) is 3.57. The molecule has 4 aromatic rings. The van der Waals surface area contributed by atoms with Gasteiger partial charge in [0.15, 0.2) is 5.82 Å². The molecule has 1 saturated carbocycles. The normalized spacial score (nSPS) is 15.1. The fourth-order valence-electron chi connectivity index (χ4n) is 5.09. The standard InChI is InChI=1S/C29H27Cl2F3N4O3S2/c1-3-43(40)20-8-6-19(7-9-20)38(16-29(32,33)34)15-24(39)35-18-13-21(30)25(22(31)14-18)28(11-4-12-28)27-36-26(41-37-27)23-10-5-17(2)42-23/h5-10,13-14H,3-4,11-12,15-16H2,1-2H3,(H,35,39). The predicted octanol–water partition coefficient (Wildman–Crippen LogP) is 8.02. The van der Waals surface area contributed by atoms with Crippen LogP contribution in [-0.2, 0) is 21.0 Å². The number of hydrogen-bond acceptors (Lipinski definition) is 7. The van der Waals surface area contributed by atoms with Crippen molar-refractivity contribution in [1.82, 2.24) is 10.1 Å². The fourth-order valence-corrected chi connectivity index (χ4v) is 7.50. The van der Waals surface area contributed by atoms with Crippen LogP contribution < -0.4 is 10.2 Å². The summed E-state index contributed by atoms with van der Waals surface area (Å²) in [5.74, 6) is 0.561. The summed E-state index contributed by atoms with van der Waals surface area (Å²) in [6.07, 6.45) is -2.28. The van der Waals surface area contributed by atoms with Gasteiger partial charge in [0, 0.05) is 42.5 Å². The van der Waals surface area contributed by atoms with E-state index in [4.69, 9.17) is 27.7 Å². The number of halogens is 5. The minimum atomic E-state index is -4.56. The summed E-state index contributed by atoms with van der Waals surface area (Å²) in [6, 6.07) is 12.8. The van der Waals surface area contributed by atoms with Crippen LogP contribution in [0.1, 0.15) is 42.5 Å². The van der Waals surface area contributed by atoms with Gasteiger partial charge in [-0.3, -0.25) is 9.00 Å². The number of carbonyl (C=O) groups excluding carboxylic acids is 1. The molecule has 2 heterocycles. The monoisotopic (exact) mass is 670 g/mol. The molecule has 1 unspecified atom stereocenters. The highest BCUT2D eigenvalue weighted by molar-refractivity contribution is 7.85. The highest BCUT2D eigenvalue weighted by Gasteiger charge is 2.47. The summed E-state index contributed by atoms with van der Waals surface area (Å²) < 4.78 is 57.8. The van der Waals surface area contributed by atoms with Crippen LogP contribution in [0, 0.1) is 6.92 Å². The first-order valence-corrected chi connectivity index (χ1v) is 16.3. The molecule has 228 valence electrons. The van der Waals surface area contributed by atoms with Gasteiger partial charge >= 0.3 is 6.18 Å². The number of amides is 1. The van der Waals surface area contributed by atoms with Crippen molar-refractivity contribution >= 4 is 62.6 Å². The van der Waals surface area contributed by atoms with Crippen LogP contribution in [0.15, 0.2) is 57.9 Å². The molecule has 2 aromatic heterocycles. The molecule has 14 heteroatoms. The van der Waals surface area contributed by atoms with E-state index in [1.807, 2.05) is 19.1 Å². The first-order valence-electron chi connectivity index (χ1n) is 13.4. The average molecular weight is 672 g/mol. The van der Waals surface area contributed by atoms with Crippen LogP contribution in [0.3, 0.4) is 0 Å². The molecule has 1 amide bonds. The summed E-state index contributed by atoms with van der Waals surface area (Å²) in [5.41, 5.74) is 0.349. The molecule has 1 aliphatic carbocycles. The van der Waals surface area contributed by atoms with Crippen molar-refractivity contribution < 1.29 is 26.7 Å². The van der Waals surface area contributed by atoms with Gasteiger partial charge in [0.05, 0.1) is 27.6 Å². The predicted molar refractivity (Wildman–Crippen MR) is 164 cm³/mol. The number of anilines is 2. The van der Waals surface area contributed by atoms with Gasteiger partial charge in [-0.15, -0.1) is 11.3 Å². The number of hydrogen-bond donors (Lipinski definition) is 1. The number of aryl methyl sites for hydroxylation is 1. The van der Waals surface area contributed by atoms with E-state index in [0.717, 1.165) is 21.1 Å². The van der Waals surface area contributed by atoms with Gasteiger partial charge in [-0.25, -0.2) is 0 Å². The molecular weight excluding hydrogens is 644 g/mol. The molecule has 1 aliphatic rings. The van der Waals surface area contributed by atoms with E-state index in [2.05, 4.69) is 15.5 Å². The second kappa shape index (κ2) is 12.6. The molecule has 7 nitrogen and oxygen atoms in total. The summed E-state index contributed by atoms with van der Waals surface area (Å²) >= 11 is 15.0. The number of alkyl halides is 3. The molecule has 0 bridgehead atoms. The Morgan fingerprint density at radius 2 is 1.81 bits per heavy atom. The summed E-state index contributed by atoms with van der Waals surface area (Å²) in [4.78, 5) is 21.0. The van der Waals surface area contributed by atoms with Crippen molar-refractivity contribution in [3.63, 3.8) is 0 Å². The maximum atomic E-state index is 13.4. The summed E-state index contributed by atoms with van der Waals surface area (Å²) in [6.45, 7) is 1.79. The number of nitrogens with one attached hydrogen (secondary N) is 1. The molecular formula is C29H27Cl2F3N4O3S2. The Morgan fingerprint density at radius 1 is 1.14 bits per heavy atom. The molecule has 0 aliphatic heterocycles. The number of benzene rings is 2. The van der Waals surface area contributed by atoms with Crippen LogP contribution in [0.25, 0.3) is 10.8 Å². The van der Waals surface area contributed by atoms with E-state index in [1.165, 1.54) is 36.4 Å². The van der Waals surface area contributed by atoms with Crippen molar-refractivity contribution in [2.24, 2.45) is 0 Å². The molecule has 1 atom stereocenters. The van der Waals surface area contributed by atoms with Crippen molar-refractivity contribution in [2.45, 2.75) is 49.6 Å². The highest BCUT2D eigenvalue weighted by atomic mass is 35.5. The number of nitrogens with zero attached hydrogens (tertiary/aromatic N) is 3. The third kappa shape index (κ3) is 6.92. The van der Waals surface area contributed by atoms with E-state index < -0.39 is 41.4 Å². The first-order chi connectivity index (χ1) is 20.4. The zero-order chi connectivity index (χ0) is 30.9. The van der Waals surface area contributed by atoms with E-state index in [-0.39, 0.29) is 21.4 Å². The fraction of sp³-hybridized carbons (Fsp3) is 0.345. The number of rotatable bonds is 10. The van der Waals surface area contributed by atoms with Crippen molar-refractivity contribution in [1.29, 1.82) is 0 Å². The van der Waals surface area contributed by atoms with Crippen LogP contribution >= 0.6 is 34.5 Å². The number of carbonyl (C=O) groups is 1. The van der Waals surface area contributed by atoms with Crippen molar-refractivity contribution in [3.05, 3.63) is 74.8 Å². The zero-order valence-corrected chi connectivity index (χ0v) is 26.3. The second-order valence-corrected chi connectivity index (χ2v) is 14.1. The smallest absolute Gasteiger partial charge is 0.353 e. The lowest BCUT2D eigenvalue weighted by atomic mass is 9.64. The zero-order valence-electron chi connectivity index (χ0n) is 23.1. The number of thiophene rings is 1. The topological polar surface area (TPSA) is 88.3 Å². The van der Waals surface area contributed by atoms with Crippen LogP contribution in [0.2, 0.25) is 10.0 Å². The van der Waals surface area contributed by atoms with Gasteiger partial charge in [-0.05, 0) is 68.3 Å². The maximum Gasteiger partial charge on any atom is 0.405 e. The molecule has 5 rings (SSSR count). The Labute approximate surface area is 262 Å². The SMILES string of the molecule is CCS(=O)c1ccc(N(CC(=O)Nc2cc(Cl)c(C3(c4noc(-c5ccc(C)s5)n4)CCC3)c(Cl)c2)CC(F)(F)F)cc1. The minimum absolute atomic E-state index is 0.167. The van der Waals surface area contributed by atoms with Gasteiger partial charge in [-0.2, -0.15) is 18.2 Å². The highest BCUT2D eigenvalue weighted by Crippen LogP contribution is 2.53. The molecule has 1 fully saturated rings. The lowest BCUT2D eigenvalue weighted by Crippen LogP contribution is -2.40. The van der Waals surface area contributed by atoms with Gasteiger partial charge in [0.1, 0.15) is 6.54 Å². The van der Waals surface area contributed by atoms with E-state index in [0.29, 0.717) is 40.8 Å². The molecule has 0 saturated heterocycles. The largest absolute Gasteiger partial charge is 0.405 e. The lowest BCUT2D eigenvalue weighted by molar-refractivity contribution is -0.122. The van der Waals surface area contributed by atoms with Crippen LogP contribution in [0.4, 0.5) is 24.5 Å². The van der Waals surface area contributed by atoms with E-state index >= 15 is 0 Å². The van der Waals surface area contributed by atoms with Gasteiger partial charge < -0.3 is 14.7 Å².